The predicted molar refractivity (Wildman–Crippen MR) is 75.4 cm³/mol. The van der Waals surface area contributed by atoms with E-state index in [0.717, 1.165) is 24.6 Å². The fraction of sp³-hybridized carbons (Fsp3) is 0.385. The van der Waals surface area contributed by atoms with Crippen molar-refractivity contribution in [3.8, 4) is 0 Å². The van der Waals surface area contributed by atoms with Gasteiger partial charge in [-0.15, -0.1) is 0 Å². The minimum Gasteiger partial charge on any atom is -0.353 e. The van der Waals surface area contributed by atoms with Gasteiger partial charge in [-0.2, -0.15) is 0 Å². The van der Waals surface area contributed by atoms with E-state index in [9.17, 15) is 0 Å². The van der Waals surface area contributed by atoms with Crippen LogP contribution in [-0.2, 0) is 7.05 Å². The van der Waals surface area contributed by atoms with E-state index in [2.05, 4.69) is 14.9 Å². The Hall–Kier alpha value is -1.59. The Kier molecular flexibility index (Phi) is 3.16. The molecule has 1 saturated heterocycles. The summed E-state index contributed by atoms with van der Waals surface area (Å²) in [5, 5.41) is 0.663. The van der Waals surface area contributed by atoms with Crippen molar-refractivity contribution < 1.29 is 0 Å². The van der Waals surface area contributed by atoms with Gasteiger partial charge in [-0.05, 0) is 12.1 Å². The average molecular weight is 278 g/mol. The van der Waals surface area contributed by atoms with Gasteiger partial charge in [-0.1, -0.05) is 11.6 Å². The molecular weight excluding hydrogens is 262 g/mol. The van der Waals surface area contributed by atoms with Gasteiger partial charge in [0.05, 0.1) is 17.0 Å². The summed E-state index contributed by atoms with van der Waals surface area (Å²) in [6.07, 6.45) is 5.58. The molecule has 1 aliphatic heterocycles. The van der Waals surface area contributed by atoms with Gasteiger partial charge in [-0.25, -0.2) is 9.97 Å². The minimum absolute atomic E-state index is 0.0490. The molecule has 3 rings (SSSR count). The molecule has 0 amide bonds. The van der Waals surface area contributed by atoms with Crippen LogP contribution in [0.3, 0.4) is 0 Å². The normalized spacial score (nSPS) is 23.0. The number of aryl methyl sites for hydroxylation is 1. The Morgan fingerprint density at radius 2 is 2.21 bits per heavy atom. The lowest BCUT2D eigenvalue weighted by atomic mass is 10.0. The number of rotatable bonds is 2. The van der Waals surface area contributed by atoms with Crippen molar-refractivity contribution in [2.45, 2.75) is 12.0 Å². The minimum atomic E-state index is 0.0490. The van der Waals surface area contributed by atoms with Gasteiger partial charge in [0.25, 0.3) is 0 Å². The van der Waals surface area contributed by atoms with Crippen LogP contribution in [-0.4, -0.2) is 33.7 Å². The van der Waals surface area contributed by atoms with Gasteiger partial charge in [0.1, 0.15) is 5.82 Å². The Bertz CT molecular complexity index is 582. The second kappa shape index (κ2) is 4.83. The summed E-state index contributed by atoms with van der Waals surface area (Å²) < 4.78 is 1.94. The molecule has 0 saturated carbocycles. The first-order chi connectivity index (χ1) is 9.15. The molecule has 6 heteroatoms. The summed E-state index contributed by atoms with van der Waals surface area (Å²) in [5.74, 6) is 1.03. The largest absolute Gasteiger partial charge is 0.353 e. The predicted octanol–water partition coefficient (Wildman–Crippen LogP) is 1.40. The third-order valence-electron chi connectivity index (χ3n) is 3.51. The van der Waals surface area contributed by atoms with Crippen LogP contribution in [0.15, 0.2) is 30.9 Å². The molecule has 2 N–H and O–H groups in total. The van der Waals surface area contributed by atoms with Crippen LogP contribution in [0.2, 0.25) is 5.02 Å². The molecule has 1 fully saturated rings. The molecule has 0 spiro atoms. The molecule has 2 atom stereocenters. The second-order valence-corrected chi connectivity index (χ2v) is 5.36. The van der Waals surface area contributed by atoms with Crippen LogP contribution in [0, 0.1) is 0 Å². The molecule has 1 aliphatic rings. The molecule has 2 aromatic heterocycles. The lowest BCUT2D eigenvalue weighted by molar-refractivity contribution is 0.639. The highest BCUT2D eigenvalue weighted by molar-refractivity contribution is 6.32. The van der Waals surface area contributed by atoms with Crippen molar-refractivity contribution >= 4 is 17.4 Å². The van der Waals surface area contributed by atoms with Gasteiger partial charge in [0, 0.05) is 44.5 Å². The Labute approximate surface area is 117 Å². The van der Waals surface area contributed by atoms with Crippen molar-refractivity contribution in [1.29, 1.82) is 0 Å². The number of aromatic nitrogens is 3. The molecule has 5 nitrogen and oxygen atoms in total. The average Bonchev–Trinajstić information content (AvgIpc) is 2.96. The Morgan fingerprint density at radius 3 is 2.89 bits per heavy atom. The van der Waals surface area contributed by atoms with E-state index in [1.165, 1.54) is 0 Å². The molecular formula is C13H16ClN5. The zero-order chi connectivity index (χ0) is 13.4. The number of nitrogens with two attached hydrogens (primary N) is 1. The maximum Gasteiger partial charge on any atom is 0.147 e. The molecule has 0 aliphatic carbocycles. The maximum absolute atomic E-state index is 6.24. The van der Waals surface area contributed by atoms with Crippen LogP contribution in [0.25, 0.3) is 0 Å². The number of imidazole rings is 1. The lowest BCUT2D eigenvalue weighted by Gasteiger charge is -2.17. The highest BCUT2D eigenvalue weighted by Crippen LogP contribution is 2.31. The summed E-state index contributed by atoms with van der Waals surface area (Å²) in [4.78, 5) is 10.9. The monoisotopic (exact) mass is 277 g/mol. The number of pyridine rings is 1. The highest BCUT2D eigenvalue weighted by atomic mass is 35.5. The number of halogens is 1. The SMILES string of the molecule is Cn1cnc([C@@H]2CN(c3ncccc3Cl)C[C@H]2N)c1. The van der Waals surface area contributed by atoms with E-state index in [-0.39, 0.29) is 12.0 Å². The Balaban J connectivity index is 1.84. The molecule has 0 aromatic carbocycles. The zero-order valence-corrected chi connectivity index (χ0v) is 11.5. The maximum atomic E-state index is 6.24. The third kappa shape index (κ3) is 2.31. The summed E-state index contributed by atoms with van der Waals surface area (Å²) in [6.45, 7) is 1.55. The van der Waals surface area contributed by atoms with Crippen LogP contribution >= 0.6 is 11.6 Å². The van der Waals surface area contributed by atoms with E-state index in [1.54, 1.807) is 12.5 Å². The van der Waals surface area contributed by atoms with Gasteiger partial charge in [0.2, 0.25) is 0 Å². The first kappa shape index (κ1) is 12.4. The highest BCUT2D eigenvalue weighted by Gasteiger charge is 2.34. The third-order valence-corrected chi connectivity index (χ3v) is 3.80. The first-order valence-corrected chi connectivity index (χ1v) is 6.62. The van der Waals surface area contributed by atoms with Crippen LogP contribution < -0.4 is 10.6 Å². The number of hydrogen-bond donors (Lipinski definition) is 1. The van der Waals surface area contributed by atoms with Gasteiger partial charge in [-0.3, -0.25) is 0 Å². The number of nitrogens with zero attached hydrogens (tertiary/aromatic N) is 4. The fourth-order valence-electron chi connectivity index (χ4n) is 2.55. The van der Waals surface area contributed by atoms with Gasteiger partial charge >= 0.3 is 0 Å². The second-order valence-electron chi connectivity index (χ2n) is 4.95. The molecule has 0 unspecified atom stereocenters. The van der Waals surface area contributed by atoms with E-state index >= 15 is 0 Å². The quantitative estimate of drug-likeness (QED) is 0.901. The summed E-state index contributed by atoms with van der Waals surface area (Å²) >= 11 is 6.19. The number of anilines is 1. The van der Waals surface area contributed by atoms with E-state index in [1.807, 2.05) is 29.9 Å². The molecule has 19 heavy (non-hydrogen) atoms. The van der Waals surface area contributed by atoms with Gasteiger partial charge < -0.3 is 15.2 Å². The fourth-order valence-corrected chi connectivity index (χ4v) is 2.79. The van der Waals surface area contributed by atoms with Crippen LogP contribution in [0.1, 0.15) is 11.6 Å². The molecule has 100 valence electrons. The van der Waals surface area contributed by atoms with E-state index in [0.29, 0.717) is 5.02 Å². The molecule has 0 bridgehead atoms. The summed E-state index contributed by atoms with van der Waals surface area (Å²) in [6, 6.07) is 3.73. The molecule has 2 aromatic rings. The van der Waals surface area contributed by atoms with Crippen molar-refractivity contribution in [1.82, 2.24) is 14.5 Å². The van der Waals surface area contributed by atoms with E-state index in [4.69, 9.17) is 17.3 Å². The van der Waals surface area contributed by atoms with Crippen LogP contribution in [0.4, 0.5) is 5.82 Å². The number of hydrogen-bond acceptors (Lipinski definition) is 4. The summed E-state index contributed by atoms with van der Waals surface area (Å²) in [5.41, 5.74) is 7.27. The van der Waals surface area contributed by atoms with Gasteiger partial charge in [0.15, 0.2) is 0 Å². The van der Waals surface area contributed by atoms with Crippen molar-refractivity contribution in [2.24, 2.45) is 12.8 Å². The van der Waals surface area contributed by atoms with Crippen LogP contribution in [0.5, 0.6) is 0 Å². The van der Waals surface area contributed by atoms with Crippen molar-refractivity contribution in [2.75, 3.05) is 18.0 Å². The standard InChI is InChI=1S/C13H16ClN5/c1-18-7-12(17-8-18)9-5-19(6-11(9)15)13-10(14)3-2-4-16-13/h2-4,7-9,11H,5-6,15H2,1H3/t9-,11-/m1/s1. The van der Waals surface area contributed by atoms with Crippen molar-refractivity contribution in [3.63, 3.8) is 0 Å². The Morgan fingerprint density at radius 1 is 1.37 bits per heavy atom. The van der Waals surface area contributed by atoms with E-state index < -0.39 is 0 Å². The zero-order valence-electron chi connectivity index (χ0n) is 10.7. The smallest absolute Gasteiger partial charge is 0.147 e. The lowest BCUT2D eigenvalue weighted by Crippen LogP contribution is -2.29. The summed E-state index contributed by atoms with van der Waals surface area (Å²) in [7, 11) is 1.96. The molecule has 0 radical (unpaired) electrons. The van der Waals surface area contributed by atoms with Crippen molar-refractivity contribution in [3.05, 3.63) is 41.6 Å². The molecule has 3 heterocycles. The topological polar surface area (TPSA) is 60.0 Å². The first-order valence-electron chi connectivity index (χ1n) is 6.24.